The summed E-state index contributed by atoms with van der Waals surface area (Å²) < 4.78 is 21.6. The van der Waals surface area contributed by atoms with E-state index in [1.165, 1.54) is 11.1 Å². The van der Waals surface area contributed by atoms with Gasteiger partial charge in [0.1, 0.15) is 11.5 Å². The van der Waals surface area contributed by atoms with Gasteiger partial charge >= 0.3 is 7.60 Å². The monoisotopic (exact) mass is 390 g/mol. The fourth-order valence-corrected chi connectivity index (χ4v) is 4.41. The van der Waals surface area contributed by atoms with Crippen LogP contribution in [-0.2, 0) is 15.7 Å². The van der Waals surface area contributed by atoms with Crippen LogP contribution in [0.4, 0.5) is 0 Å². The predicted octanol–water partition coefficient (Wildman–Crippen LogP) is 3.41. The van der Waals surface area contributed by atoms with Gasteiger partial charge in [-0.25, -0.2) is 0 Å². The van der Waals surface area contributed by atoms with Crippen molar-refractivity contribution in [3.8, 4) is 11.5 Å². The van der Waals surface area contributed by atoms with Crippen LogP contribution < -0.4 is 4.74 Å². The zero-order valence-corrected chi connectivity index (χ0v) is 16.0. The molecule has 0 unspecified atom stereocenters. The third kappa shape index (κ3) is 3.76. The summed E-state index contributed by atoms with van der Waals surface area (Å²) in [4.78, 5) is 18.0. The summed E-state index contributed by atoms with van der Waals surface area (Å²) >= 11 is 0. The maximum Gasteiger partial charge on any atom is 0.362 e. The first kappa shape index (κ1) is 18.5. The van der Waals surface area contributed by atoms with Gasteiger partial charge in [0, 0.05) is 17.4 Å². The normalized spacial score (nSPS) is 19.6. The number of phenols is 1. The van der Waals surface area contributed by atoms with Gasteiger partial charge in [-0.2, -0.15) is 0 Å². The summed E-state index contributed by atoms with van der Waals surface area (Å²) in [6.45, 7) is 3.30. The molecular weight excluding hydrogens is 367 g/mol. The Morgan fingerprint density at radius 2 is 2.00 bits per heavy atom. The molecule has 2 aromatic rings. The SMILES string of the molecule is Cc1cc(OCP(=O)(O)O)cc2c1[C@@H](c1ccc(O)c(C3COC3)c1)CC2. The molecule has 7 heteroatoms. The Hall–Kier alpha value is -1.85. The molecule has 4 rings (SSSR count). The van der Waals surface area contributed by atoms with Crippen LogP contribution in [0, 0.1) is 6.92 Å². The molecule has 1 aliphatic carbocycles. The molecule has 1 heterocycles. The first-order valence-corrected chi connectivity index (χ1v) is 10.8. The zero-order valence-electron chi connectivity index (χ0n) is 15.1. The van der Waals surface area contributed by atoms with Crippen LogP contribution >= 0.6 is 7.60 Å². The smallest absolute Gasteiger partial charge is 0.362 e. The molecule has 0 amide bonds. The number of hydrogen-bond acceptors (Lipinski definition) is 4. The minimum atomic E-state index is -4.20. The second kappa shape index (κ2) is 6.95. The molecule has 0 saturated carbocycles. The van der Waals surface area contributed by atoms with Crippen LogP contribution in [0.25, 0.3) is 0 Å². The summed E-state index contributed by atoms with van der Waals surface area (Å²) in [7, 11) is -4.20. The summed E-state index contributed by atoms with van der Waals surface area (Å²) in [6.07, 6.45) is 1.24. The third-order valence-corrected chi connectivity index (χ3v) is 5.89. The molecular formula is C20H23O6P. The minimum absolute atomic E-state index is 0.246. The molecule has 3 N–H and O–H groups in total. The molecule has 0 radical (unpaired) electrons. The van der Waals surface area contributed by atoms with E-state index in [1.54, 1.807) is 6.07 Å². The molecule has 1 atom stereocenters. The molecule has 1 fully saturated rings. The van der Waals surface area contributed by atoms with Crippen molar-refractivity contribution in [2.45, 2.75) is 31.6 Å². The number of rotatable bonds is 5. The van der Waals surface area contributed by atoms with Gasteiger partial charge in [-0.1, -0.05) is 12.1 Å². The van der Waals surface area contributed by atoms with Gasteiger partial charge in [0.15, 0.2) is 6.35 Å². The van der Waals surface area contributed by atoms with Crippen LogP contribution in [-0.4, -0.2) is 34.5 Å². The van der Waals surface area contributed by atoms with E-state index in [9.17, 15) is 9.67 Å². The highest BCUT2D eigenvalue weighted by Gasteiger charge is 2.29. The van der Waals surface area contributed by atoms with Crippen LogP contribution in [0.2, 0.25) is 0 Å². The Balaban J connectivity index is 1.63. The highest BCUT2D eigenvalue weighted by atomic mass is 31.2. The lowest BCUT2D eigenvalue weighted by Crippen LogP contribution is -2.25. The van der Waals surface area contributed by atoms with Crippen LogP contribution in [0.5, 0.6) is 11.5 Å². The predicted molar refractivity (Wildman–Crippen MR) is 101 cm³/mol. The lowest BCUT2D eigenvalue weighted by atomic mass is 9.86. The van der Waals surface area contributed by atoms with Gasteiger partial charge in [0.2, 0.25) is 0 Å². The fourth-order valence-electron chi connectivity index (χ4n) is 4.09. The summed E-state index contributed by atoms with van der Waals surface area (Å²) in [5.41, 5.74) is 5.59. The molecule has 2 aromatic carbocycles. The van der Waals surface area contributed by atoms with Gasteiger partial charge in [0.25, 0.3) is 0 Å². The first-order valence-electron chi connectivity index (χ1n) is 9.03. The average molecular weight is 390 g/mol. The van der Waals surface area contributed by atoms with E-state index in [-0.39, 0.29) is 11.8 Å². The molecule has 0 aromatic heterocycles. The number of benzene rings is 2. The summed E-state index contributed by atoms with van der Waals surface area (Å²) in [5.74, 6) is 1.32. The maximum atomic E-state index is 11.0. The number of phenolic OH excluding ortho intramolecular Hbond substituents is 1. The first-order chi connectivity index (χ1) is 12.8. The topological polar surface area (TPSA) is 96.2 Å². The van der Waals surface area contributed by atoms with E-state index >= 15 is 0 Å². The van der Waals surface area contributed by atoms with Crippen molar-refractivity contribution in [3.63, 3.8) is 0 Å². The number of aryl methyl sites for hydroxylation is 2. The molecule has 1 aliphatic heterocycles. The van der Waals surface area contributed by atoms with Crippen LogP contribution in [0.15, 0.2) is 30.3 Å². The average Bonchev–Trinajstić information content (AvgIpc) is 2.97. The molecule has 0 bridgehead atoms. The third-order valence-electron chi connectivity index (χ3n) is 5.43. The van der Waals surface area contributed by atoms with Gasteiger partial charge in [-0.05, 0) is 60.2 Å². The largest absolute Gasteiger partial charge is 0.508 e. The standard InChI is InChI=1S/C20H23O6P/c1-12-6-16(26-11-27(22,23)24)7-14-2-4-17(20(12)14)13-3-5-19(21)18(8-13)15-9-25-10-15/h3,5-8,15,17,21H,2,4,9-11H2,1H3,(H2,22,23,24)/t17-/m1/s1. The number of aromatic hydroxyl groups is 1. The maximum absolute atomic E-state index is 11.0. The van der Waals surface area contributed by atoms with Crippen molar-refractivity contribution in [2.75, 3.05) is 19.6 Å². The Labute approximate surface area is 157 Å². The molecule has 0 spiro atoms. The van der Waals surface area contributed by atoms with E-state index in [0.717, 1.165) is 29.5 Å². The van der Waals surface area contributed by atoms with Crippen LogP contribution in [0.1, 0.15) is 46.1 Å². The van der Waals surface area contributed by atoms with Gasteiger partial charge in [-0.15, -0.1) is 0 Å². The molecule has 2 aliphatic rings. The Bertz CT molecular complexity index is 915. The van der Waals surface area contributed by atoms with Crippen molar-refractivity contribution < 1.29 is 28.9 Å². The highest BCUT2D eigenvalue weighted by molar-refractivity contribution is 7.51. The van der Waals surface area contributed by atoms with E-state index in [1.807, 2.05) is 25.1 Å². The van der Waals surface area contributed by atoms with Gasteiger partial charge < -0.3 is 24.4 Å². The van der Waals surface area contributed by atoms with Gasteiger partial charge in [0.05, 0.1) is 13.2 Å². The summed E-state index contributed by atoms with van der Waals surface area (Å²) in [6, 6.07) is 9.58. The van der Waals surface area contributed by atoms with Crippen molar-refractivity contribution in [3.05, 3.63) is 58.1 Å². The molecule has 144 valence electrons. The van der Waals surface area contributed by atoms with Crippen LogP contribution in [0.3, 0.4) is 0 Å². The Kier molecular flexibility index (Phi) is 4.77. The van der Waals surface area contributed by atoms with Crippen molar-refractivity contribution >= 4 is 7.60 Å². The lowest BCUT2D eigenvalue weighted by Gasteiger charge is -2.28. The molecule has 27 heavy (non-hydrogen) atoms. The Morgan fingerprint density at radius 3 is 2.67 bits per heavy atom. The van der Waals surface area contributed by atoms with E-state index in [0.29, 0.717) is 24.7 Å². The van der Waals surface area contributed by atoms with Gasteiger partial charge in [-0.3, -0.25) is 4.57 Å². The number of hydrogen-bond donors (Lipinski definition) is 3. The summed E-state index contributed by atoms with van der Waals surface area (Å²) in [5, 5.41) is 10.2. The van der Waals surface area contributed by atoms with E-state index in [4.69, 9.17) is 19.3 Å². The molecule has 6 nitrogen and oxygen atoms in total. The minimum Gasteiger partial charge on any atom is -0.508 e. The molecule has 1 saturated heterocycles. The van der Waals surface area contributed by atoms with Crippen molar-refractivity contribution in [1.82, 2.24) is 0 Å². The van der Waals surface area contributed by atoms with E-state index in [2.05, 4.69) is 6.07 Å². The van der Waals surface area contributed by atoms with Crippen molar-refractivity contribution in [1.29, 1.82) is 0 Å². The number of fused-ring (bicyclic) bond motifs is 1. The Morgan fingerprint density at radius 1 is 1.22 bits per heavy atom. The second-order valence-electron chi connectivity index (χ2n) is 7.39. The zero-order chi connectivity index (χ0) is 19.2. The highest BCUT2D eigenvalue weighted by Crippen LogP contribution is 2.44. The number of ether oxygens (including phenoxy) is 2. The lowest BCUT2D eigenvalue weighted by molar-refractivity contribution is 0.00750. The quantitative estimate of drug-likeness (QED) is 0.677. The second-order valence-corrected chi connectivity index (χ2v) is 8.98. The van der Waals surface area contributed by atoms with E-state index < -0.39 is 13.9 Å². The fraction of sp³-hybridized carbons (Fsp3) is 0.400. The van der Waals surface area contributed by atoms with Crippen molar-refractivity contribution in [2.24, 2.45) is 0 Å².